The minimum Gasteiger partial charge on any atom is -0.457 e. The molecule has 2 aromatic heterocycles. The Labute approximate surface area is 206 Å². The molecule has 1 fully saturated rings. The first-order chi connectivity index (χ1) is 16.9. The van der Waals surface area contributed by atoms with Gasteiger partial charge in [0.1, 0.15) is 17.3 Å². The summed E-state index contributed by atoms with van der Waals surface area (Å²) in [5.74, 6) is 3.01. The van der Waals surface area contributed by atoms with Crippen LogP contribution in [0, 0.1) is 20.8 Å². The highest BCUT2D eigenvalue weighted by molar-refractivity contribution is 5.61. The number of nitrogens with zero attached hydrogens (tertiary/aromatic N) is 4. The van der Waals surface area contributed by atoms with Crippen molar-refractivity contribution >= 4 is 11.6 Å². The molecule has 2 aromatic carbocycles. The zero-order chi connectivity index (χ0) is 24.4. The predicted octanol–water partition coefficient (Wildman–Crippen LogP) is 5.30. The molecule has 0 unspecified atom stereocenters. The molecule has 7 heteroatoms. The van der Waals surface area contributed by atoms with Crippen LogP contribution in [0.5, 0.6) is 11.5 Å². The minimum absolute atomic E-state index is 0.209. The number of hydrogen-bond donors (Lipinski definition) is 2. The molecule has 1 atom stereocenters. The summed E-state index contributed by atoms with van der Waals surface area (Å²) in [6, 6.07) is 15.8. The summed E-state index contributed by atoms with van der Waals surface area (Å²) in [7, 11) is 0. The molecular formula is C28H31N5O2. The monoisotopic (exact) mass is 469 g/mol. The van der Waals surface area contributed by atoms with Gasteiger partial charge in [-0.2, -0.15) is 4.98 Å². The first kappa shape index (κ1) is 23.1. The normalized spacial score (nSPS) is 15.9. The van der Waals surface area contributed by atoms with Crippen LogP contribution in [0.25, 0.3) is 5.82 Å². The molecule has 3 heterocycles. The van der Waals surface area contributed by atoms with Crippen molar-refractivity contribution in [3.05, 3.63) is 89.4 Å². The topological polar surface area (TPSA) is 75.4 Å². The second-order valence-electron chi connectivity index (χ2n) is 9.27. The van der Waals surface area contributed by atoms with Gasteiger partial charge in [0.2, 0.25) is 5.95 Å². The van der Waals surface area contributed by atoms with Gasteiger partial charge in [-0.15, -0.1) is 0 Å². The van der Waals surface area contributed by atoms with Gasteiger partial charge in [-0.1, -0.05) is 18.2 Å². The smallest absolute Gasteiger partial charge is 0.229 e. The number of aliphatic hydroxyl groups excluding tert-OH is 1. The highest BCUT2D eigenvalue weighted by Crippen LogP contribution is 2.32. The highest BCUT2D eigenvalue weighted by Gasteiger charge is 2.21. The maximum atomic E-state index is 9.82. The van der Waals surface area contributed by atoms with Gasteiger partial charge in [0.15, 0.2) is 0 Å². The molecule has 1 saturated heterocycles. The fourth-order valence-corrected chi connectivity index (χ4v) is 4.57. The van der Waals surface area contributed by atoms with Gasteiger partial charge in [0.05, 0.1) is 6.10 Å². The number of likely N-dealkylation sites (tertiary alicyclic amines) is 1. The quantitative estimate of drug-likeness (QED) is 0.383. The van der Waals surface area contributed by atoms with Gasteiger partial charge in [-0.05, 0) is 79.8 Å². The SMILES string of the molecule is Cc1cn(-c2ccnc(Nc3cc(C)c(Oc4ccccc4)c(C)c3)n2)cc1CN1CC[C@@H](O)C1. The van der Waals surface area contributed by atoms with E-state index in [2.05, 4.69) is 34.5 Å². The number of para-hydroxylation sites is 1. The number of β-amino-alcohol motifs (C(OH)–C–C–N with tert-alkyl or cyclic N) is 1. The van der Waals surface area contributed by atoms with E-state index in [4.69, 9.17) is 9.72 Å². The summed E-state index contributed by atoms with van der Waals surface area (Å²) in [5.41, 5.74) is 5.43. The number of hydrogen-bond acceptors (Lipinski definition) is 6. The van der Waals surface area contributed by atoms with Crippen LogP contribution in [-0.2, 0) is 6.54 Å². The van der Waals surface area contributed by atoms with Crippen molar-refractivity contribution < 1.29 is 9.84 Å². The Hall–Kier alpha value is -3.68. The second-order valence-corrected chi connectivity index (χ2v) is 9.27. The summed E-state index contributed by atoms with van der Waals surface area (Å²) in [4.78, 5) is 11.5. The summed E-state index contributed by atoms with van der Waals surface area (Å²) in [6.45, 7) is 8.70. The number of nitrogens with one attached hydrogen (secondary N) is 1. The van der Waals surface area contributed by atoms with Crippen LogP contribution >= 0.6 is 0 Å². The first-order valence-corrected chi connectivity index (χ1v) is 12.0. The van der Waals surface area contributed by atoms with Crippen LogP contribution in [0.3, 0.4) is 0 Å². The summed E-state index contributed by atoms with van der Waals surface area (Å²) in [5, 5.41) is 13.2. The molecule has 2 N–H and O–H groups in total. The zero-order valence-electron chi connectivity index (χ0n) is 20.4. The molecule has 0 saturated carbocycles. The van der Waals surface area contributed by atoms with Gasteiger partial charge in [-0.25, -0.2) is 4.98 Å². The lowest BCUT2D eigenvalue weighted by Gasteiger charge is -2.15. The number of aliphatic hydroxyl groups is 1. The van der Waals surface area contributed by atoms with E-state index in [9.17, 15) is 5.11 Å². The predicted molar refractivity (Wildman–Crippen MR) is 138 cm³/mol. The third-order valence-electron chi connectivity index (χ3n) is 6.36. The first-order valence-electron chi connectivity index (χ1n) is 12.0. The van der Waals surface area contributed by atoms with E-state index in [0.717, 1.165) is 60.2 Å². The number of anilines is 2. The Morgan fingerprint density at radius 3 is 2.51 bits per heavy atom. The molecule has 0 radical (unpaired) electrons. The maximum Gasteiger partial charge on any atom is 0.229 e. The van der Waals surface area contributed by atoms with Gasteiger partial charge in [-0.3, -0.25) is 4.90 Å². The number of aromatic nitrogens is 3. The summed E-state index contributed by atoms with van der Waals surface area (Å²) < 4.78 is 8.15. The lowest BCUT2D eigenvalue weighted by atomic mass is 10.1. The molecule has 1 aliphatic rings. The van der Waals surface area contributed by atoms with Gasteiger partial charge < -0.3 is 19.7 Å². The summed E-state index contributed by atoms with van der Waals surface area (Å²) in [6.07, 6.45) is 6.62. The van der Waals surface area contributed by atoms with Crippen molar-refractivity contribution in [1.29, 1.82) is 0 Å². The van der Waals surface area contributed by atoms with E-state index in [0.29, 0.717) is 5.95 Å². The van der Waals surface area contributed by atoms with Crippen molar-refractivity contribution in [2.75, 3.05) is 18.4 Å². The van der Waals surface area contributed by atoms with Crippen molar-refractivity contribution in [1.82, 2.24) is 19.4 Å². The average molecular weight is 470 g/mol. The Bertz CT molecular complexity index is 1300. The summed E-state index contributed by atoms with van der Waals surface area (Å²) >= 11 is 0. The van der Waals surface area contributed by atoms with Crippen molar-refractivity contribution in [2.24, 2.45) is 0 Å². The van der Waals surface area contributed by atoms with Crippen LogP contribution in [0.1, 0.15) is 28.7 Å². The van der Waals surface area contributed by atoms with E-state index in [1.165, 1.54) is 11.1 Å². The Balaban J connectivity index is 1.32. The standard InChI is InChI=1S/C28H31N5O2/c1-19-13-23(14-20(2)27(19)35-25-7-5-4-6-8-25)30-28-29-11-9-26(31-28)33-15-21(3)22(17-33)16-32-12-10-24(34)18-32/h4-9,11,13-15,17,24,34H,10,12,16,18H2,1-3H3,(H,29,30,31)/t24-/m1/s1. The van der Waals surface area contributed by atoms with Crippen LogP contribution in [0.15, 0.2) is 67.1 Å². The third-order valence-corrected chi connectivity index (χ3v) is 6.36. The van der Waals surface area contributed by atoms with E-state index in [1.54, 1.807) is 6.20 Å². The lowest BCUT2D eigenvalue weighted by Crippen LogP contribution is -2.21. The van der Waals surface area contributed by atoms with E-state index >= 15 is 0 Å². The van der Waals surface area contributed by atoms with Crippen molar-refractivity contribution in [2.45, 2.75) is 39.8 Å². The molecule has 35 heavy (non-hydrogen) atoms. The molecule has 4 aromatic rings. The highest BCUT2D eigenvalue weighted by atomic mass is 16.5. The van der Waals surface area contributed by atoms with Crippen LogP contribution in [-0.4, -0.2) is 43.7 Å². The lowest BCUT2D eigenvalue weighted by molar-refractivity contribution is 0.174. The van der Waals surface area contributed by atoms with Crippen molar-refractivity contribution in [3.63, 3.8) is 0 Å². The Morgan fingerprint density at radius 2 is 1.80 bits per heavy atom. The fraction of sp³-hybridized carbons (Fsp3) is 0.286. The fourth-order valence-electron chi connectivity index (χ4n) is 4.57. The third kappa shape index (κ3) is 5.37. The number of aryl methyl sites for hydroxylation is 3. The molecular weight excluding hydrogens is 438 g/mol. The van der Waals surface area contributed by atoms with Crippen LogP contribution in [0.4, 0.5) is 11.6 Å². The molecule has 0 aliphatic carbocycles. The van der Waals surface area contributed by atoms with Crippen molar-refractivity contribution in [3.8, 4) is 17.3 Å². The molecule has 1 aliphatic heterocycles. The average Bonchev–Trinajstić information content (AvgIpc) is 3.42. The van der Waals surface area contributed by atoms with E-state index in [-0.39, 0.29) is 6.10 Å². The zero-order valence-corrected chi connectivity index (χ0v) is 20.4. The number of benzene rings is 2. The molecule has 0 amide bonds. The van der Waals surface area contributed by atoms with E-state index < -0.39 is 0 Å². The largest absolute Gasteiger partial charge is 0.457 e. The van der Waals surface area contributed by atoms with Crippen LogP contribution < -0.4 is 10.1 Å². The minimum atomic E-state index is -0.209. The Morgan fingerprint density at radius 1 is 1.03 bits per heavy atom. The second kappa shape index (κ2) is 9.90. The molecule has 5 rings (SSSR count). The van der Waals surface area contributed by atoms with Gasteiger partial charge in [0, 0.05) is 43.9 Å². The molecule has 180 valence electrons. The number of ether oxygens (including phenoxy) is 1. The number of rotatable bonds is 7. The van der Waals surface area contributed by atoms with Gasteiger partial charge >= 0.3 is 0 Å². The maximum absolute atomic E-state index is 9.82. The molecule has 0 spiro atoms. The molecule has 7 nitrogen and oxygen atoms in total. The van der Waals surface area contributed by atoms with E-state index in [1.807, 2.05) is 66.9 Å². The van der Waals surface area contributed by atoms with Crippen LogP contribution in [0.2, 0.25) is 0 Å². The van der Waals surface area contributed by atoms with Gasteiger partial charge in [0.25, 0.3) is 0 Å². The molecule has 0 bridgehead atoms. The Kier molecular flexibility index (Phi) is 6.53.